The lowest BCUT2D eigenvalue weighted by Gasteiger charge is -2.18. The fourth-order valence-electron chi connectivity index (χ4n) is 1.70. The van der Waals surface area contributed by atoms with Crippen molar-refractivity contribution in [1.82, 2.24) is 4.90 Å². The fraction of sp³-hybridized carbons (Fsp3) is 0.500. The molecule has 0 heterocycles. The van der Waals surface area contributed by atoms with Gasteiger partial charge in [-0.15, -0.1) is 0 Å². The van der Waals surface area contributed by atoms with E-state index in [1.54, 1.807) is 18.2 Å². The second-order valence-electron chi connectivity index (χ2n) is 4.03. The van der Waals surface area contributed by atoms with Crippen molar-refractivity contribution in [2.24, 2.45) is 0 Å². The van der Waals surface area contributed by atoms with Crippen LogP contribution in [-0.2, 0) is 9.84 Å². The lowest BCUT2D eigenvalue weighted by atomic mass is 10.3. The zero-order valence-corrected chi connectivity index (χ0v) is 13.1. The van der Waals surface area contributed by atoms with Crippen molar-refractivity contribution >= 4 is 31.5 Å². The summed E-state index contributed by atoms with van der Waals surface area (Å²) >= 11 is 3.26. The Kier molecular flexibility index (Phi) is 5.62. The zero-order valence-electron chi connectivity index (χ0n) is 10.7. The van der Waals surface area contributed by atoms with Crippen molar-refractivity contribution in [2.75, 3.05) is 31.1 Å². The van der Waals surface area contributed by atoms with Crippen molar-refractivity contribution in [3.63, 3.8) is 0 Å². The van der Waals surface area contributed by atoms with Gasteiger partial charge in [-0.3, -0.25) is 0 Å². The van der Waals surface area contributed by atoms with E-state index < -0.39 is 9.84 Å². The molecule has 1 aromatic carbocycles. The Labute approximate surface area is 117 Å². The number of nitrogens with two attached hydrogens (primary N) is 1. The number of sulfone groups is 1. The Morgan fingerprint density at radius 2 is 1.89 bits per heavy atom. The highest BCUT2D eigenvalue weighted by atomic mass is 79.9. The van der Waals surface area contributed by atoms with E-state index >= 15 is 0 Å². The highest BCUT2D eigenvalue weighted by molar-refractivity contribution is 9.10. The van der Waals surface area contributed by atoms with Crippen LogP contribution in [0.3, 0.4) is 0 Å². The molecule has 0 aliphatic carbocycles. The first-order valence-electron chi connectivity index (χ1n) is 5.90. The molecular weight excluding hydrogens is 316 g/mol. The molecule has 0 saturated carbocycles. The molecule has 0 spiro atoms. The quantitative estimate of drug-likeness (QED) is 0.809. The van der Waals surface area contributed by atoms with Crippen LogP contribution < -0.4 is 5.73 Å². The first-order chi connectivity index (χ1) is 8.40. The lowest BCUT2D eigenvalue weighted by Crippen LogP contribution is -2.29. The maximum absolute atomic E-state index is 12.2. The third-order valence-corrected chi connectivity index (χ3v) is 5.13. The Balaban J connectivity index is 2.86. The molecule has 4 nitrogen and oxygen atoms in total. The summed E-state index contributed by atoms with van der Waals surface area (Å²) in [6, 6.07) is 4.86. The number of anilines is 1. The first-order valence-corrected chi connectivity index (χ1v) is 8.35. The van der Waals surface area contributed by atoms with Crippen molar-refractivity contribution in [2.45, 2.75) is 18.7 Å². The predicted molar refractivity (Wildman–Crippen MR) is 78.4 cm³/mol. The smallest absolute Gasteiger partial charge is 0.181 e. The summed E-state index contributed by atoms with van der Waals surface area (Å²) in [5, 5.41) is 0. The van der Waals surface area contributed by atoms with Crippen molar-refractivity contribution < 1.29 is 8.42 Å². The van der Waals surface area contributed by atoms with Gasteiger partial charge < -0.3 is 10.6 Å². The Hall–Kier alpha value is -0.590. The lowest BCUT2D eigenvalue weighted by molar-refractivity contribution is 0.321. The van der Waals surface area contributed by atoms with E-state index in [0.717, 1.165) is 17.6 Å². The van der Waals surface area contributed by atoms with E-state index in [0.29, 0.717) is 12.2 Å². The van der Waals surface area contributed by atoms with Gasteiger partial charge >= 0.3 is 0 Å². The molecule has 0 radical (unpaired) electrons. The Morgan fingerprint density at radius 1 is 1.28 bits per heavy atom. The molecule has 0 unspecified atom stereocenters. The van der Waals surface area contributed by atoms with Gasteiger partial charge in [0.15, 0.2) is 9.84 Å². The number of rotatable bonds is 6. The third kappa shape index (κ3) is 3.96. The van der Waals surface area contributed by atoms with E-state index in [1.165, 1.54) is 0 Å². The van der Waals surface area contributed by atoms with Gasteiger partial charge in [0, 0.05) is 11.0 Å². The molecule has 0 aliphatic rings. The number of nitrogen functional groups attached to an aromatic ring is 1. The van der Waals surface area contributed by atoms with Crippen LogP contribution in [0.15, 0.2) is 27.6 Å². The molecule has 0 aliphatic heterocycles. The van der Waals surface area contributed by atoms with Crippen LogP contribution in [0, 0.1) is 0 Å². The summed E-state index contributed by atoms with van der Waals surface area (Å²) in [5.41, 5.74) is 6.05. The normalized spacial score (nSPS) is 12.0. The molecule has 18 heavy (non-hydrogen) atoms. The molecule has 2 N–H and O–H groups in total. The van der Waals surface area contributed by atoms with E-state index in [-0.39, 0.29) is 10.6 Å². The van der Waals surface area contributed by atoms with Crippen molar-refractivity contribution in [3.05, 3.63) is 22.7 Å². The fourth-order valence-corrected chi connectivity index (χ4v) is 3.49. The summed E-state index contributed by atoms with van der Waals surface area (Å²) < 4.78 is 25.1. The van der Waals surface area contributed by atoms with Gasteiger partial charge in [-0.2, -0.15) is 0 Å². The first kappa shape index (κ1) is 15.5. The Bertz CT molecular complexity index is 499. The maximum atomic E-state index is 12.2. The number of benzene rings is 1. The molecule has 1 aromatic rings. The van der Waals surface area contributed by atoms with Crippen LogP contribution in [0.1, 0.15) is 13.8 Å². The standard InChI is InChI=1S/C12H19BrN2O2S/c1-3-15(4-2)7-8-18(16,17)12-6-5-10(13)9-11(12)14/h5-6,9H,3-4,7-8,14H2,1-2H3. The molecule has 0 saturated heterocycles. The highest BCUT2D eigenvalue weighted by Gasteiger charge is 2.18. The van der Waals surface area contributed by atoms with Crippen LogP contribution in [0.2, 0.25) is 0 Å². The van der Waals surface area contributed by atoms with Crippen LogP contribution in [-0.4, -0.2) is 38.7 Å². The molecule has 102 valence electrons. The number of hydrogen-bond donors (Lipinski definition) is 1. The summed E-state index contributed by atoms with van der Waals surface area (Å²) in [6.07, 6.45) is 0. The summed E-state index contributed by atoms with van der Waals surface area (Å²) in [7, 11) is -3.31. The summed E-state index contributed by atoms with van der Waals surface area (Å²) in [4.78, 5) is 2.30. The molecule has 6 heteroatoms. The SMILES string of the molecule is CCN(CC)CCS(=O)(=O)c1ccc(Br)cc1N. The van der Waals surface area contributed by atoms with Gasteiger partial charge in [-0.05, 0) is 31.3 Å². The van der Waals surface area contributed by atoms with Gasteiger partial charge in [0.2, 0.25) is 0 Å². The number of halogens is 1. The summed E-state index contributed by atoms with van der Waals surface area (Å²) in [6.45, 7) is 6.27. The van der Waals surface area contributed by atoms with E-state index in [4.69, 9.17) is 5.73 Å². The van der Waals surface area contributed by atoms with Crippen molar-refractivity contribution in [3.8, 4) is 0 Å². The third-order valence-electron chi connectivity index (χ3n) is 2.88. The van der Waals surface area contributed by atoms with Gasteiger partial charge in [-0.1, -0.05) is 29.8 Å². The summed E-state index contributed by atoms with van der Waals surface area (Å²) in [5.74, 6) is 0.0977. The van der Waals surface area contributed by atoms with Gasteiger partial charge in [0.05, 0.1) is 16.3 Å². The van der Waals surface area contributed by atoms with Crippen LogP contribution >= 0.6 is 15.9 Å². The largest absolute Gasteiger partial charge is 0.398 e. The van der Waals surface area contributed by atoms with Crippen LogP contribution in [0.4, 0.5) is 5.69 Å². The zero-order chi connectivity index (χ0) is 13.8. The number of hydrogen-bond acceptors (Lipinski definition) is 4. The van der Waals surface area contributed by atoms with Crippen LogP contribution in [0.25, 0.3) is 0 Å². The predicted octanol–water partition coefficient (Wildman–Crippen LogP) is 2.15. The minimum Gasteiger partial charge on any atom is -0.398 e. The topological polar surface area (TPSA) is 63.4 Å². The van der Waals surface area contributed by atoms with Gasteiger partial charge in [0.1, 0.15) is 0 Å². The minimum atomic E-state index is -3.31. The molecular formula is C12H19BrN2O2S. The molecule has 0 aromatic heterocycles. The minimum absolute atomic E-state index is 0.0977. The van der Waals surface area contributed by atoms with Crippen molar-refractivity contribution in [1.29, 1.82) is 0 Å². The van der Waals surface area contributed by atoms with E-state index in [9.17, 15) is 8.42 Å². The molecule has 0 atom stereocenters. The van der Waals surface area contributed by atoms with Crippen LogP contribution in [0.5, 0.6) is 0 Å². The maximum Gasteiger partial charge on any atom is 0.181 e. The highest BCUT2D eigenvalue weighted by Crippen LogP contribution is 2.23. The molecule has 0 bridgehead atoms. The second kappa shape index (κ2) is 6.54. The van der Waals surface area contributed by atoms with Gasteiger partial charge in [0.25, 0.3) is 0 Å². The average molecular weight is 335 g/mol. The van der Waals surface area contributed by atoms with E-state index in [2.05, 4.69) is 20.8 Å². The average Bonchev–Trinajstić information content (AvgIpc) is 2.29. The monoisotopic (exact) mass is 334 g/mol. The number of nitrogens with zero attached hydrogens (tertiary/aromatic N) is 1. The second-order valence-corrected chi connectivity index (χ2v) is 7.02. The van der Waals surface area contributed by atoms with Gasteiger partial charge in [-0.25, -0.2) is 8.42 Å². The molecule has 0 fully saturated rings. The molecule has 1 rings (SSSR count). The molecule has 0 amide bonds. The Morgan fingerprint density at radius 3 is 2.39 bits per heavy atom. The van der Waals surface area contributed by atoms with E-state index in [1.807, 2.05) is 13.8 Å².